The fraction of sp³-hybridized carbons (Fsp3) is 0.600. The van der Waals surface area contributed by atoms with Crippen LogP contribution in [0.15, 0.2) is 18.2 Å². The SMILES string of the molecule is CC(CCN)c1ccc(OC2CCCOC2)c(Cl)c1. The van der Waals surface area contributed by atoms with Crippen molar-refractivity contribution in [3.63, 3.8) is 0 Å². The third-order valence-corrected chi connectivity index (χ3v) is 3.83. The van der Waals surface area contributed by atoms with E-state index in [9.17, 15) is 0 Å². The van der Waals surface area contributed by atoms with E-state index in [4.69, 9.17) is 26.8 Å². The van der Waals surface area contributed by atoms with Gasteiger partial charge in [0.2, 0.25) is 0 Å². The van der Waals surface area contributed by atoms with E-state index in [1.807, 2.05) is 12.1 Å². The number of rotatable bonds is 5. The summed E-state index contributed by atoms with van der Waals surface area (Å²) in [5.41, 5.74) is 6.80. The molecule has 1 aliphatic rings. The quantitative estimate of drug-likeness (QED) is 0.901. The van der Waals surface area contributed by atoms with Gasteiger partial charge in [0.15, 0.2) is 0 Å². The Morgan fingerprint density at radius 3 is 3.00 bits per heavy atom. The highest BCUT2D eigenvalue weighted by molar-refractivity contribution is 6.32. The summed E-state index contributed by atoms with van der Waals surface area (Å²) in [6, 6.07) is 6.02. The first-order chi connectivity index (χ1) is 9.20. The monoisotopic (exact) mass is 283 g/mol. The minimum atomic E-state index is 0.124. The Hall–Kier alpha value is -0.770. The van der Waals surface area contributed by atoms with Crippen molar-refractivity contribution in [2.24, 2.45) is 5.73 Å². The van der Waals surface area contributed by atoms with Gasteiger partial charge in [-0.3, -0.25) is 0 Å². The molecule has 2 unspecified atom stereocenters. The van der Waals surface area contributed by atoms with E-state index in [1.165, 1.54) is 5.56 Å². The lowest BCUT2D eigenvalue weighted by atomic mass is 9.98. The molecule has 1 aromatic rings. The molecule has 1 heterocycles. The summed E-state index contributed by atoms with van der Waals surface area (Å²) in [6.45, 7) is 4.34. The molecule has 0 bridgehead atoms. The van der Waals surface area contributed by atoms with Gasteiger partial charge in [0.1, 0.15) is 11.9 Å². The molecule has 0 saturated carbocycles. The fourth-order valence-electron chi connectivity index (χ4n) is 2.32. The van der Waals surface area contributed by atoms with E-state index < -0.39 is 0 Å². The van der Waals surface area contributed by atoms with Crippen LogP contribution in [0.25, 0.3) is 0 Å². The molecule has 106 valence electrons. The number of ether oxygens (including phenoxy) is 2. The van der Waals surface area contributed by atoms with Crippen molar-refractivity contribution >= 4 is 11.6 Å². The van der Waals surface area contributed by atoms with Crippen LogP contribution in [-0.4, -0.2) is 25.9 Å². The summed E-state index contributed by atoms with van der Waals surface area (Å²) in [4.78, 5) is 0. The number of benzene rings is 1. The van der Waals surface area contributed by atoms with Crippen LogP contribution in [0.5, 0.6) is 5.75 Å². The van der Waals surface area contributed by atoms with E-state index >= 15 is 0 Å². The van der Waals surface area contributed by atoms with E-state index in [0.29, 0.717) is 24.1 Å². The molecule has 1 aromatic carbocycles. The van der Waals surface area contributed by atoms with E-state index in [2.05, 4.69) is 13.0 Å². The molecule has 1 fully saturated rings. The summed E-state index contributed by atoms with van der Waals surface area (Å²) < 4.78 is 11.3. The van der Waals surface area contributed by atoms with Gasteiger partial charge in [-0.2, -0.15) is 0 Å². The Bertz CT molecular complexity index is 405. The minimum Gasteiger partial charge on any atom is -0.486 e. The number of nitrogens with two attached hydrogens (primary N) is 1. The molecule has 0 radical (unpaired) electrons. The first-order valence-electron chi connectivity index (χ1n) is 6.94. The number of halogens is 1. The molecule has 19 heavy (non-hydrogen) atoms. The molecule has 0 amide bonds. The topological polar surface area (TPSA) is 44.5 Å². The molecule has 0 aliphatic carbocycles. The molecule has 4 heteroatoms. The van der Waals surface area contributed by atoms with Crippen molar-refractivity contribution in [2.75, 3.05) is 19.8 Å². The fourth-order valence-corrected chi connectivity index (χ4v) is 2.55. The largest absolute Gasteiger partial charge is 0.486 e. The first-order valence-corrected chi connectivity index (χ1v) is 7.32. The first kappa shape index (κ1) is 14.6. The summed E-state index contributed by atoms with van der Waals surface area (Å²) >= 11 is 6.30. The van der Waals surface area contributed by atoms with Gasteiger partial charge >= 0.3 is 0 Å². The highest BCUT2D eigenvalue weighted by Gasteiger charge is 2.17. The van der Waals surface area contributed by atoms with Crippen molar-refractivity contribution < 1.29 is 9.47 Å². The van der Waals surface area contributed by atoms with Gasteiger partial charge in [-0.1, -0.05) is 24.6 Å². The number of hydrogen-bond acceptors (Lipinski definition) is 3. The highest BCUT2D eigenvalue weighted by atomic mass is 35.5. The van der Waals surface area contributed by atoms with Crippen LogP contribution in [0.2, 0.25) is 5.02 Å². The Labute approximate surface area is 120 Å². The van der Waals surface area contributed by atoms with Crippen LogP contribution in [0.4, 0.5) is 0 Å². The Balaban J connectivity index is 2.01. The zero-order chi connectivity index (χ0) is 13.7. The lowest BCUT2D eigenvalue weighted by Crippen LogP contribution is -2.28. The molecule has 2 N–H and O–H groups in total. The number of hydrogen-bond donors (Lipinski definition) is 1. The van der Waals surface area contributed by atoms with Crippen molar-refractivity contribution in [3.8, 4) is 5.75 Å². The highest BCUT2D eigenvalue weighted by Crippen LogP contribution is 2.31. The van der Waals surface area contributed by atoms with Gasteiger partial charge in [0, 0.05) is 6.61 Å². The van der Waals surface area contributed by atoms with Crippen molar-refractivity contribution in [1.29, 1.82) is 0 Å². The Kier molecular flexibility index (Phi) is 5.49. The molecule has 1 saturated heterocycles. The Morgan fingerprint density at radius 2 is 2.37 bits per heavy atom. The second-order valence-electron chi connectivity index (χ2n) is 5.13. The molecular weight excluding hydrogens is 262 g/mol. The predicted molar refractivity (Wildman–Crippen MR) is 78.0 cm³/mol. The van der Waals surface area contributed by atoms with Gasteiger partial charge in [0.25, 0.3) is 0 Å². The van der Waals surface area contributed by atoms with Crippen LogP contribution in [0, 0.1) is 0 Å². The maximum atomic E-state index is 6.30. The van der Waals surface area contributed by atoms with E-state index in [1.54, 1.807) is 0 Å². The lowest BCUT2D eigenvalue weighted by Gasteiger charge is -2.24. The zero-order valence-electron chi connectivity index (χ0n) is 11.4. The van der Waals surface area contributed by atoms with Crippen molar-refractivity contribution in [3.05, 3.63) is 28.8 Å². The van der Waals surface area contributed by atoms with Gasteiger partial charge < -0.3 is 15.2 Å². The molecule has 1 aliphatic heterocycles. The summed E-state index contributed by atoms with van der Waals surface area (Å²) in [5.74, 6) is 1.18. The van der Waals surface area contributed by atoms with Crippen LogP contribution >= 0.6 is 11.6 Å². The smallest absolute Gasteiger partial charge is 0.138 e. The third-order valence-electron chi connectivity index (χ3n) is 3.54. The van der Waals surface area contributed by atoms with Crippen LogP contribution < -0.4 is 10.5 Å². The molecule has 2 atom stereocenters. The Morgan fingerprint density at radius 1 is 1.53 bits per heavy atom. The van der Waals surface area contributed by atoms with Gasteiger partial charge in [-0.05, 0) is 49.4 Å². The zero-order valence-corrected chi connectivity index (χ0v) is 12.2. The predicted octanol–water partition coefficient (Wildman–Crippen LogP) is 3.35. The van der Waals surface area contributed by atoms with Crippen LogP contribution in [0.1, 0.15) is 37.7 Å². The van der Waals surface area contributed by atoms with Crippen molar-refractivity contribution in [2.45, 2.75) is 38.2 Å². The van der Waals surface area contributed by atoms with E-state index in [-0.39, 0.29) is 6.10 Å². The average molecular weight is 284 g/mol. The molecule has 3 nitrogen and oxygen atoms in total. The van der Waals surface area contributed by atoms with Crippen LogP contribution in [-0.2, 0) is 4.74 Å². The molecule has 0 spiro atoms. The normalized spacial score (nSPS) is 21.1. The molecule has 2 rings (SSSR count). The van der Waals surface area contributed by atoms with E-state index in [0.717, 1.165) is 31.6 Å². The van der Waals surface area contributed by atoms with Crippen molar-refractivity contribution in [1.82, 2.24) is 0 Å². The summed E-state index contributed by atoms with van der Waals surface area (Å²) in [5, 5.41) is 0.673. The van der Waals surface area contributed by atoms with Crippen LogP contribution in [0.3, 0.4) is 0 Å². The maximum absolute atomic E-state index is 6.30. The minimum absolute atomic E-state index is 0.124. The van der Waals surface area contributed by atoms with Gasteiger partial charge in [-0.25, -0.2) is 0 Å². The van der Waals surface area contributed by atoms with Gasteiger partial charge in [0.05, 0.1) is 11.6 Å². The molecule has 0 aromatic heterocycles. The summed E-state index contributed by atoms with van der Waals surface area (Å²) in [7, 11) is 0. The third kappa shape index (κ3) is 4.10. The second-order valence-corrected chi connectivity index (χ2v) is 5.53. The summed E-state index contributed by atoms with van der Waals surface area (Å²) in [6.07, 6.45) is 3.17. The maximum Gasteiger partial charge on any atom is 0.138 e. The van der Waals surface area contributed by atoms with Gasteiger partial charge in [-0.15, -0.1) is 0 Å². The molecular formula is C15H22ClNO2. The standard InChI is InChI=1S/C15H22ClNO2/c1-11(6-7-17)12-4-5-15(14(16)9-12)19-13-3-2-8-18-10-13/h4-5,9,11,13H,2-3,6-8,10,17H2,1H3. The second kappa shape index (κ2) is 7.13. The lowest BCUT2D eigenvalue weighted by molar-refractivity contribution is 0.00746. The average Bonchev–Trinajstić information content (AvgIpc) is 2.42.